The largest absolute Gasteiger partial charge is 0.494 e. The third kappa shape index (κ3) is 3.96. The van der Waals surface area contributed by atoms with Crippen LogP contribution in [0, 0.1) is 0 Å². The van der Waals surface area contributed by atoms with Gasteiger partial charge in [-0.2, -0.15) is 0 Å². The van der Waals surface area contributed by atoms with Crippen LogP contribution in [-0.4, -0.2) is 25.6 Å². The highest BCUT2D eigenvalue weighted by Gasteiger charge is 2.15. The third-order valence-electron chi connectivity index (χ3n) is 2.41. The number of rotatable bonds is 5. The number of carbonyl (C=O) groups is 1. The van der Waals surface area contributed by atoms with Crippen LogP contribution in [0.5, 0.6) is 5.75 Å². The van der Waals surface area contributed by atoms with E-state index in [1.165, 1.54) is 0 Å². The molecule has 6 heteroatoms. The lowest BCUT2D eigenvalue weighted by Crippen LogP contribution is -2.41. The summed E-state index contributed by atoms with van der Waals surface area (Å²) in [5, 5.41) is 2.71. The van der Waals surface area contributed by atoms with Crippen LogP contribution < -0.4 is 15.8 Å². The minimum absolute atomic E-state index is 0.138. The van der Waals surface area contributed by atoms with Gasteiger partial charge in [0.1, 0.15) is 5.75 Å². The molecule has 0 aromatic heterocycles. The van der Waals surface area contributed by atoms with Crippen LogP contribution in [-0.2, 0) is 11.2 Å². The second-order valence-electron chi connectivity index (χ2n) is 3.80. The van der Waals surface area contributed by atoms with Crippen molar-refractivity contribution in [1.82, 2.24) is 5.32 Å². The fraction of sp³-hybridized carbons (Fsp3) is 0.417. The molecule has 1 amide bonds. The van der Waals surface area contributed by atoms with Crippen LogP contribution >= 0.6 is 31.9 Å². The van der Waals surface area contributed by atoms with Crippen molar-refractivity contribution in [2.24, 2.45) is 5.73 Å². The maximum absolute atomic E-state index is 11.6. The van der Waals surface area contributed by atoms with Gasteiger partial charge in [0.2, 0.25) is 5.91 Å². The third-order valence-corrected chi connectivity index (χ3v) is 3.58. The summed E-state index contributed by atoms with van der Waals surface area (Å²) >= 11 is 6.84. The zero-order chi connectivity index (χ0) is 13.7. The van der Waals surface area contributed by atoms with Gasteiger partial charge in [-0.1, -0.05) is 0 Å². The minimum atomic E-state index is -0.544. The van der Waals surface area contributed by atoms with Crippen LogP contribution in [0.4, 0.5) is 0 Å². The number of nitrogens with one attached hydrogen (secondary N) is 1. The van der Waals surface area contributed by atoms with Crippen molar-refractivity contribution in [3.63, 3.8) is 0 Å². The van der Waals surface area contributed by atoms with Gasteiger partial charge in [0.15, 0.2) is 0 Å². The Morgan fingerprint density at radius 1 is 1.44 bits per heavy atom. The first-order valence-corrected chi connectivity index (χ1v) is 7.13. The SMILES string of the molecule is CCNC(=O)C(N)Cc1cc(Br)c(OC)c(Br)c1. The number of hydrogen-bond donors (Lipinski definition) is 2. The summed E-state index contributed by atoms with van der Waals surface area (Å²) in [6.45, 7) is 2.45. The maximum atomic E-state index is 11.6. The van der Waals surface area contributed by atoms with E-state index >= 15 is 0 Å². The molecule has 100 valence electrons. The van der Waals surface area contributed by atoms with Gasteiger partial charge in [-0.3, -0.25) is 4.79 Å². The smallest absolute Gasteiger partial charge is 0.237 e. The molecular weight excluding hydrogens is 364 g/mol. The molecule has 0 saturated carbocycles. The Labute approximate surface area is 124 Å². The standard InChI is InChI=1S/C12H16Br2N2O2/c1-3-16-12(17)10(15)6-7-4-8(13)11(18-2)9(14)5-7/h4-5,10H,3,6,15H2,1-2H3,(H,16,17). The van der Waals surface area contributed by atoms with Crippen molar-refractivity contribution in [1.29, 1.82) is 0 Å². The molecule has 1 rings (SSSR count). The van der Waals surface area contributed by atoms with Gasteiger partial charge in [0, 0.05) is 6.54 Å². The van der Waals surface area contributed by atoms with Crippen LogP contribution in [0.25, 0.3) is 0 Å². The van der Waals surface area contributed by atoms with E-state index in [-0.39, 0.29) is 5.91 Å². The summed E-state index contributed by atoms with van der Waals surface area (Å²) < 4.78 is 6.88. The molecule has 0 aliphatic carbocycles. The van der Waals surface area contributed by atoms with Crippen LogP contribution in [0.2, 0.25) is 0 Å². The first kappa shape index (κ1) is 15.5. The molecule has 1 unspecified atom stereocenters. The summed E-state index contributed by atoms with van der Waals surface area (Å²) in [6.07, 6.45) is 0.479. The van der Waals surface area contributed by atoms with Crippen LogP contribution in [0.15, 0.2) is 21.1 Å². The van der Waals surface area contributed by atoms with Crippen molar-refractivity contribution in [2.75, 3.05) is 13.7 Å². The van der Waals surface area contributed by atoms with Crippen molar-refractivity contribution in [3.8, 4) is 5.75 Å². The summed E-state index contributed by atoms with van der Waals surface area (Å²) in [4.78, 5) is 11.6. The zero-order valence-corrected chi connectivity index (χ0v) is 13.5. The predicted molar refractivity (Wildman–Crippen MR) is 78.8 cm³/mol. The highest BCUT2D eigenvalue weighted by atomic mass is 79.9. The highest BCUT2D eigenvalue weighted by Crippen LogP contribution is 2.34. The molecule has 1 atom stereocenters. The Bertz CT molecular complexity index is 415. The van der Waals surface area contributed by atoms with Gasteiger partial charge in [0.05, 0.1) is 22.1 Å². The second-order valence-corrected chi connectivity index (χ2v) is 5.51. The molecule has 1 aromatic rings. The molecule has 0 aliphatic heterocycles. The van der Waals surface area contributed by atoms with Crippen molar-refractivity contribution >= 4 is 37.8 Å². The number of halogens is 2. The number of amides is 1. The first-order chi connectivity index (χ1) is 8.49. The fourth-order valence-electron chi connectivity index (χ4n) is 1.58. The van der Waals surface area contributed by atoms with Gasteiger partial charge in [-0.15, -0.1) is 0 Å². The molecule has 3 N–H and O–H groups in total. The molecule has 0 spiro atoms. The van der Waals surface area contributed by atoms with E-state index in [1.807, 2.05) is 19.1 Å². The molecule has 0 saturated heterocycles. The monoisotopic (exact) mass is 378 g/mol. The van der Waals surface area contributed by atoms with E-state index in [0.29, 0.717) is 13.0 Å². The van der Waals surface area contributed by atoms with Gasteiger partial charge < -0.3 is 15.8 Å². The summed E-state index contributed by atoms with van der Waals surface area (Å²) in [5.74, 6) is 0.589. The number of hydrogen-bond acceptors (Lipinski definition) is 3. The molecule has 1 aromatic carbocycles. The Kier molecular flexibility index (Phi) is 6.11. The summed E-state index contributed by atoms with van der Waals surface area (Å²) in [6, 6.07) is 3.27. The van der Waals surface area contributed by atoms with E-state index in [4.69, 9.17) is 10.5 Å². The number of benzene rings is 1. The minimum Gasteiger partial charge on any atom is -0.494 e. The van der Waals surface area contributed by atoms with E-state index in [9.17, 15) is 4.79 Å². The van der Waals surface area contributed by atoms with E-state index < -0.39 is 6.04 Å². The highest BCUT2D eigenvalue weighted by molar-refractivity contribution is 9.11. The lowest BCUT2D eigenvalue weighted by Gasteiger charge is -2.13. The number of likely N-dealkylation sites (N-methyl/N-ethyl adjacent to an activating group) is 1. The number of nitrogens with two attached hydrogens (primary N) is 1. The molecule has 0 radical (unpaired) electrons. The number of ether oxygens (including phenoxy) is 1. The van der Waals surface area contributed by atoms with Gasteiger partial charge in [-0.05, 0) is 62.9 Å². The fourth-order valence-corrected chi connectivity index (χ4v) is 3.18. The van der Waals surface area contributed by atoms with Crippen molar-refractivity contribution < 1.29 is 9.53 Å². The van der Waals surface area contributed by atoms with Gasteiger partial charge in [-0.25, -0.2) is 0 Å². The second kappa shape index (κ2) is 7.11. The Balaban J connectivity index is 2.83. The Hall–Kier alpha value is -0.590. The van der Waals surface area contributed by atoms with E-state index in [1.54, 1.807) is 7.11 Å². The molecule has 0 bridgehead atoms. The van der Waals surface area contributed by atoms with Crippen LogP contribution in [0.3, 0.4) is 0 Å². The Morgan fingerprint density at radius 2 is 2.00 bits per heavy atom. The maximum Gasteiger partial charge on any atom is 0.237 e. The van der Waals surface area contributed by atoms with Crippen molar-refractivity contribution in [2.45, 2.75) is 19.4 Å². The molecule has 0 aliphatic rings. The van der Waals surface area contributed by atoms with Crippen LogP contribution in [0.1, 0.15) is 12.5 Å². The quantitative estimate of drug-likeness (QED) is 0.824. The normalized spacial score (nSPS) is 12.1. The zero-order valence-electron chi connectivity index (χ0n) is 10.3. The average Bonchev–Trinajstić information content (AvgIpc) is 2.28. The molecule has 0 fully saturated rings. The number of carbonyl (C=O) groups excluding carboxylic acids is 1. The average molecular weight is 380 g/mol. The summed E-state index contributed by atoms with van der Waals surface area (Å²) in [7, 11) is 1.60. The van der Waals surface area contributed by atoms with E-state index in [0.717, 1.165) is 20.3 Å². The van der Waals surface area contributed by atoms with Crippen molar-refractivity contribution in [3.05, 3.63) is 26.6 Å². The molecule has 18 heavy (non-hydrogen) atoms. The lowest BCUT2D eigenvalue weighted by atomic mass is 10.1. The molecule has 4 nitrogen and oxygen atoms in total. The lowest BCUT2D eigenvalue weighted by molar-refractivity contribution is -0.122. The van der Waals surface area contributed by atoms with Gasteiger partial charge in [0.25, 0.3) is 0 Å². The molecular formula is C12H16Br2N2O2. The predicted octanol–water partition coefficient (Wildman–Crippen LogP) is 2.23. The van der Waals surface area contributed by atoms with E-state index in [2.05, 4.69) is 37.2 Å². The number of methoxy groups -OCH3 is 1. The Morgan fingerprint density at radius 3 is 2.44 bits per heavy atom. The first-order valence-electron chi connectivity index (χ1n) is 5.54. The molecule has 0 heterocycles. The van der Waals surface area contributed by atoms with Gasteiger partial charge >= 0.3 is 0 Å². The summed E-state index contributed by atoms with van der Waals surface area (Å²) in [5.41, 5.74) is 6.80. The topological polar surface area (TPSA) is 64.4 Å².